The smallest absolute Gasteiger partial charge is 0.183 e. The molecule has 0 N–H and O–H groups in total. The predicted octanol–water partition coefficient (Wildman–Crippen LogP) is 4.87. The Labute approximate surface area is 134 Å². The average molecular weight is 316 g/mol. The van der Waals surface area contributed by atoms with Crippen LogP contribution in [0.2, 0.25) is 0 Å². The minimum Gasteiger partial charge on any atom is -0.348 e. The van der Waals surface area contributed by atoms with Gasteiger partial charge in [-0.2, -0.15) is 0 Å². The van der Waals surface area contributed by atoms with Crippen molar-refractivity contribution in [1.82, 2.24) is 0 Å². The first-order valence-electron chi connectivity index (χ1n) is 7.59. The highest BCUT2D eigenvalue weighted by Gasteiger charge is 2.21. The third-order valence-electron chi connectivity index (χ3n) is 3.82. The van der Waals surface area contributed by atoms with Gasteiger partial charge in [0.2, 0.25) is 0 Å². The molecule has 4 heteroatoms. The largest absolute Gasteiger partial charge is 0.348 e. The monoisotopic (exact) mass is 316 g/mol. The first-order chi connectivity index (χ1) is 11.2. The highest BCUT2D eigenvalue weighted by atomic mass is 19.2. The van der Waals surface area contributed by atoms with Crippen molar-refractivity contribution in [1.29, 1.82) is 0 Å². The molecule has 3 rings (SSSR count). The Morgan fingerprint density at radius 1 is 0.913 bits per heavy atom. The van der Waals surface area contributed by atoms with Gasteiger partial charge in [-0.15, -0.1) is 0 Å². The molecule has 0 atom stereocenters. The molecule has 120 valence electrons. The minimum absolute atomic E-state index is 0.290. The molecule has 1 aliphatic heterocycles. The van der Waals surface area contributed by atoms with Gasteiger partial charge in [0.25, 0.3) is 0 Å². The zero-order valence-electron chi connectivity index (χ0n) is 12.8. The van der Waals surface area contributed by atoms with Crippen LogP contribution in [0.1, 0.15) is 18.8 Å². The molecule has 2 nitrogen and oxygen atoms in total. The van der Waals surface area contributed by atoms with Crippen LogP contribution in [-0.2, 0) is 9.47 Å². The highest BCUT2D eigenvalue weighted by Crippen LogP contribution is 2.28. The van der Waals surface area contributed by atoms with E-state index in [1.807, 2.05) is 37.3 Å². The Kier molecular flexibility index (Phi) is 4.84. The van der Waals surface area contributed by atoms with E-state index >= 15 is 0 Å². The van der Waals surface area contributed by atoms with Crippen LogP contribution in [-0.4, -0.2) is 13.2 Å². The summed E-state index contributed by atoms with van der Waals surface area (Å²) in [5.41, 5.74) is 2.36. The third-order valence-corrected chi connectivity index (χ3v) is 3.82. The predicted molar refractivity (Wildman–Crippen MR) is 84.7 cm³/mol. The summed E-state index contributed by atoms with van der Waals surface area (Å²) in [6, 6.07) is 11.4. The number of allylic oxidation sites excluding steroid dienone is 1. The maximum Gasteiger partial charge on any atom is 0.183 e. The summed E-state index contributed by atoms with van der Waals surface area (Å²) in [4.78, 5) is 0. The fourth-order valence-electron chi connectivity index (χ4n) is 2.60. The van der Waals surface area contributed by atoms with Crippen molar-refractivity contribution in [2.75, 3.05) is 13.2 Å². The van der Waals surface area contributed by atoms with E-state index in [2.05, 4.69) is 6.08 Å². The van der Waals surface area contributed by atoms with E-state index in [9.17, 15) is 8.78 Å². The SMILES string of the molecule is CC=C[C@H]1CO[C@H](c2ccc(-c3ccc(F)c(F)c3)cc2)OC1. The number of ether oxygens (including phenoxy) is 2. The maximum atomic E-state index is 13.3. The van der Waals surface area contributed by atoms with Crippen LogP contribution in [0, 0.1) is 17.6 Å². The minimum atomic E-state index is -0.847. The second-order valence-corrected chi connectivity index (χ2v) is 5.54. The number of benzene rings is 2. The molecule has 2 aromatic carbocycles. The number of hydrogen-bond acceptors (Lipinski definition) is 2. The Bertz CT molecular complexity index is 687. The molecule has 0 aromatic heterocycles. The van der Waals surface area contributed by atoms with Crippen LogP contribution in [0.4, 0.5) is 8.78 Å². The second kappa shape index (κ2) is 7.02. The lowest BCUT2D eigenvalue weighted by Gasteiger charge is -2.28. The van der Waals surface area contributed by atoms with Crippen LogP contribution in [0.15, 0.2) is 54.6 Å². The molecule has 23 heavy (non-hydrogen) atoms. The van der Waals surface area contributed by atoms with Gasteiger partial charge in [-0.05, 0) is 30.2 Å². The molecule has 0 radical (unpaired) electrons. The molecule has 1 saturated heterocycles. The average Bonchev–Trinajstić information content (AvgIpc) is 2.59. The van der Waals surface area contributed by atoms with E-state index in [0.717, 1.165) is 17.2 Å². The van der Waals surface area contributed by atoms with Crippen molar-refractivity contribution in [3.05, 3.63) is 71.8 Å². The number of rotatable bonds is 3. The summed E-state index contributed by atoms with van der Waals surface area (Å²) < 4.78 is 37.8. The Morgan fingerprint density at radius 2 is 1.57 bits per heavy atom. The molecule has 0 amide bonds. The van der Waals surface area contributed by atoms with E-state index in [0.29, 0.717) is 18.8 Å². The van der Waals surface area contributed by atoms with Gasteiger partial charge in [0, 0.05) is 11.5 Å². The molecule has 1 heterocycles. The highest BCUT2D eigenvalue weighted by molar-refractivity contribution is 5.63. The van der Waals surface area contributed by atoms with E-state index in [4.69, 9.17) is 9.47 Å². The first kappa shape index (κ1) is 15.8. The van der Waals surface area contributed by atoms with Crippen LogP contribution < -0.4 is 0 Å². The van der Waals surface area contributed by atoms with E-state index in [-0.39, 0.29) is 12.2 Å². The van der Waals surface area contributed by atoms with Gasteiger partial charge < -0.3 is 9.47 Å². The van der Waals surface area contributed by atoms with Gasteiger partial charge >= 0.3 is 0 Å². The lowest BCUT2D eigenvalue weighted by Crippen LogP contribution is -2.25. The molecular weight excluding hydrogens is 298 g/mol. The van der Waals surface area contributed by atoms with Gasteiger partial charge in [-0.3, -0.25) is 0 Å². The van der Waals surface area contributed by atoms with Crippen molar-refractivity contribution in [2.24, 2.45) is 5.92 Å². The summed E-state index contributed by atoms with van der Waals surface area (Å²) >= 11 is 0. The molecular formula is C19H18F2O2. The van der Waals surface area contributed by atoms with Crippen LogP contribution in [0.25, 0.3) is 11.1 Å². The van der Waals surface area contributed by atoms with Crippen LogP contribution in [0.5, 0.6) is 0 Å². The molecule has 1 aliphatic rings. The van der Waals surface area contributed by atoms with Crippen molar-refractivity contribution in [3.63, 3.8) is 0 Å². The van der Waals surface area contributed by atoms with Gasteiger partial charge in [-0.25, -0.2) is 8.78 Å². The molecule has 0 unspecified atom stereocenters. The number of hydrogen-bond donors (Lipinski definition) is 0. The maximum absolute atomic E-state index is 13.3. The van der Waals surface area contributed by atoms with Crippen molar-refractivity contribution < 1.29 is 18.3 Å². The summed E-state index contributed by atoms with van der Waals surface area (Å²) in [5, 5.41) is 0. The van der Waals surface area contributed by atoms with E-state index < -0.39 is 11.6 Å². The quantitative estimate of drug-likeness (QED) is 0.752. The van der Waals surface area contributed by atoms with Gasteiger partial charge in [0.05, 0.1) is 13.2 Å². The standard InChI is InChI=1S/C19H18F2O2/c1-2-3-13-11-22-19(23-12-13)15-6-4-14(5-7-15)16-8-9-17(20)18(21)10-16/h2-10,13,19H,11-12H2,1H3/t13-,19-. The summed E-state index contributed by atoms with van der Waals surface area (Å²) in [6.07, 6.45) is 3.69. The topological polar surface area (TPSA) is 18.5 Å². The Hall–Kier alpha value is -2.04. The van der Waals surface area contributed by atoms with Gasteiger partial charge in [0.1, 0.15) is 0 Å². The molecule has 1 fully saturated rings. The Balaban J connectivity index is 1.71. The molecule has 0 saturated carbocycles. The summed E-state index contributed by atoms with van der Waals surface area (Å²) in [7, 11) is 0. The van der Waals surface area contributed by atoms with Gasteiger partial charge in [-0.1, -0.05) is 42.5 Å². The normalized spacial score (nSPS) is 21.7. The lowest BCUT2D eigenvalue weighted by atomic mass is 10.0. The molecule has 0 spiro atoms. The zero-order chi connectivity index (χ0) is 16.2. The van der Waals surface area contributed by atoms with E-state index in [1.54, 1.807) is 6.07 Å². The van der Waals surface area contributed by atoms with Gasteiger partial charge in [0.15, 0.2) is 17.9 Å². The lowest BCUT2D eigenvalue weighted by molar-refractivity contribution is -0.197. The van der Waals surface area contributed by atoms with Crippen molar-refractivity contribution in [2.45, 2.75) is 13.2 Å². The summed E-state index contributed by atoms with van der Waals surface area (Å²) in [5.74, 6) is -1.40. The van der Waals surface area contributed by atoms with Crippen molar-refractivity contribution >= 4 is 0 Å². The zero-order valence-corrected chi connectivity index (χ0v) is 12.8. The van der Waals surface area contributed by atoms with Crippen LogP contribution >= 0.6 is 0 Å². The third kappa shape index (κ3) is 3.66. The Morgan fingerprint density at radius 3 is 2.17 bits per heavy atom. The molecule has 0 aliphatic carbocycles. The molecule has 2 aromatic rings. The van der Waals surface area contributed by atoms with E-state index in [1.165, 1.54) is 6.07 Å². The fourth-order valence-corrected chi connectivity index (χ4v) is 2.60. The molecule has 0 bridgehead atoms. The summed E-state index contributed by atoms with van der Waals surface area (Å²) in [6.45, 7) is 3.23. The van der Waals surface area contributed by atoms with Crippen LogP contribution in [0.3, 0.4) is 0 Å². The fraction of sp³-hybridized carbons (Fsp3) is 0.263. The number of halogens is 2. The van der Waals surface area contributed by atoms with Crippen molar-refractivity contribution in [3.8, 4) is 11.1 Å². The first-order valence-corrected chi connectivity index (χ1v) is 7.59. The second-order valence-electron chi connectivity index (χ2n) is 5.54.